The van der Waals surface area contributed by atoms with Crippen molar-refractivity contribution in [2.24, 2.45) is 0 Å². The van der Waals surface area contributed by atoms with Crippen molar-refractivity contribution in [3.8, 4) is 0 Å². The van der Waals surface area contributed by atoms with Crippen LogP contribution < -0.4 is 0 Å². The highest BCUT2D eigenvalue weighted by molar-refractivity contribution is 5.83. The first-order chi connectivity index (χ1) is 10.7. The van der Waals surface area contributed by atoms with Crippen molar-refractivity contribution in [3.63, 3.8) is 0 Å². The predicted octanol–water partition coefficient (Wildman–Crippen LogP) is 1.54. The molecular formula is C16H20N2O4. The number of hydrogen-bond acceptors (Lipinski definition) is 5. The quantitative estimate of drug-likeness (QED) is 0.838. The van der Waals surface area contributed by atoms with Gasteiger partial charge in [-0.1, -0.05) is 18.2 Å². The maximum atomic E-state index is 11.1. The number of benzene rings is 1. The zero-order valence-electron chi connectivity index (χ0n) is 12.5. The van der Waals surface area contributed by atoms with E-state index in [1.54, 1.807) is 0 Å². The Kier molecular flexibility index (Phi) is 4.31. The van der Waals surface area contributed by atoms with Crippen LogP contribution in [0.1, 0.15) is 5.56 Å². The molecule has 118 valence electrons. The van der Waals surface area contributed by atoms with Crippen LogP contribution in [0.25, 0.3) is 10.9 Å². The van der Waals surface area contributed by atoms with Gasteiger partial charge in [-0.2, -0.15) is 0 Å². The lowest BCUT2D eigenvalue weighted by Gasteiger charge is -2.15. The number of hydrogen-bond donors (Lipinski definition) is 2. The average Bonchev–Trinajstić information content (AvgIpc) is 3.09. The molecule has 6 heteroatoms. The maximum Gasteiger partial charge on any atom is 0.508 e. The highest BCUT2D eigenvalue weighted by Gasteiger charge is 2.34. The highest BCUT2D eigenvalue weighted by atomic mass is 16.7. The van der Waals surface area contributed by atoms with Crippen molar-refractivity contribution in [2.45, 2.75) is 18.6 Å². The molecule has 22 heavy (non-hydrogen) atoms. The van der Waals surface area contributed by atoms with Crippen LogP contribution >= 0.6 is 0 Å². The molecule has 0 saturated carbocycles. The Balaban J connectivity index is 1.57. The van der Waals surface area contributed by atoms with Crippen molar-refractivity contribution in [1.82, 2.24) is 9.88 Å². The van der Waals surface area contributed by atoms with E-state index in [9.17, 15) is 9.90 Å². The first-order valence-electron chi connectivity index (χ1n) is 7.37. The first-order valence-corrected chi connectivity index (χ1v) is 7.37. The molecule has 0 amide bonds. The van der Waals surface area contributed by atoms with Crippen molar-refractivity contribution >= 4 is 17.1 Å². The number of para-hydroxylation sites is 1. The molecule has 0 radical (unpaired) electrons. The van der Waals surface area contributed by atoms with Gasteiger partial charge in [-0.15, -0.1) is 0 Å². The summed E-state index contributed by atoms with van der Waals surface area (Å²) in [6.45, 7) is 1.84. The van der Waals surface area contributed by atoms with E-state index in [0.29, 0.717) is 13.1 Å². The zero-order valence-corrected chi connectivity index (χ0v) is 12.5. The number of likely N-dealkylation sites (tertiary alicyclic amines) is 1. The molecule has 0 bridgehead atoms. The molecule has 0 unspecified atom stereocenters. The number of fused-ring (bicyclic) bond motifs is 1. The minimum Gasteiger partial charge on any atom is -0.438 e. The third-order valence-electron chi connectivity index (χ3n) is 4.10. The SMILES string of the molecule is COC(=O)O[C@H]1CN(CCc2c[nH]c3ccccc23)C[C@@H]1O. The number of aliphatic hydroxyl groups is 1. The lowest BCUT2D eigenvalue weighted by Crippen LogP contribution is -2.29. The summed E-state index contributed by atoms with van der Waals surface area (Å²) in [5.41, 5.74) is 2.38. The molecule has 1 fully saturated rings. The Morgan fingerprint density at radius 1 is 1.41 bits per heavy atom. The van der Waals surface area contributed by atoms with Crippen LogP contribution in [-0.2, 0) is 15.9 Å². The van der Waals surface area contributed by atoms with Gasteiger partial charge < -0.3 is 19.6 Å². The molecule has 1 saturated heterocycles. The van der Waals surface area contributed by atoms with Crippen LogP contribution in [0, 0.1) is 0 Å². The molecule has 0 spiro atoms. The van der Waals surface area contributed by atoms with Gasteiger partial charge in [-0.25, -0.2) is 4.79 Å². The Morgan fingerprint density at radius 2 is 2.23 bits per heavy atom. The zero-order chi connectivity index (χ0) is 15.5. The van der Waals surface area contributed by atoms with E-state index in [1.807, 2.05) is 18.3 Å². The van der Waals surface area contributed by atoms with Crippen molar-refractivity contribution < 1.29 is 19.4 Å². The number of carbonyl (C=O) groups is 1. The van der Waals surface area contributed by atoms with Crippen LogP contribution in [0.2, 0.25) is 0 Å². The van der Waals surface area contributed by atoms with Gasteiger partial charge in [0, 0.05) is 36.7 Å². The Bertz CT molecular complexity index is 654. The van der Waals surface area contributed by atoms with Crippen molar-refractivity contribution in [3.05, 3.63) is 36.0 Å². The van der Waals surface area contributed by atoms with Crippen LogP contribution in [-0.4, -0.2) is 60.1 Å². The number of aliphatic hydroxyl groups excluding tert-OH is 1. The molecule has 2 aromatic rings. The van der Waals surface area contributed by atoms with E-state index in [0.717, 1.165) is 18.5 Å². The molecule has 3 rings (SSSR count). The molecule has 1 aromatic heterocycles. The molecule has 1 aliphatic rings. The maximum absolute atomic E-state index is 11.1. The summed E-state index contributed by atoms with van der Waals surface area (Å²) < 4.78 is 9.52. The summed E-state index contributed by atoms with van der Waals surface area (Å²) in [6, 6.07) is 8.19. The van der Waals surface area contributed by atoms with Crippen LogP contribution in [0.3, 0.4) is 0 Å². The number of ether oxygens (including phenoxy) is 2. The number of nitrogens with zero attached hydrogens (tertiary/aromatic N) is 1. The number of carbonyl (C=O) groups excluding carboxylic acids is 1. The monoisotopic (exact) mass is 304 g/mol. The topological polar surface area (TPSA) is 74.8 Å². The second-order valence-electron chi connectivity index (χ2n) is 5.55. The van der Waals surface area contributed by atoms with Gasteiger partial charge in [0.15, 0.2) is 0 Å². The number of aromatic amines is 1. The lowest BCUT2D eigenvalue weighted by atomic mass is 10.1. The third-order valence-corrected chi connectivity index (χ3v) is 4.10. The van der Waals surface area contributed by atoms with E-state index >= 15 is 0 Å². The summed E-state index contributed by atoms with van der Waals surface area (Å²) in [5.74, 6) is 0. The minimum atomic E-state index is -0.748. The molecule has 2 atom stereocenters. The van der Waals surface area contributed by atoms with Gasteiger partial charge in [-0.05, 0) is 18.1 Å². The van der Waals surface area contributed by atoms with Gasteiger partial charge in [0.1, 0.15) is 12.2 Å². The highest BCUT2D eigenvalue weighted by Crippen LogP contribution is 2.20. The summed E-state index contributed by atoms with van der Waals surface area (Å²) in [7, 11) is 1.26. The molecular weight excluding hydrogens is 284 g/mol. The third kappa shape index (κ3) is 3.08. The number of methoxy groups -OCH3 is 1. The standard InChI is InChI=1S/C16H20N2O4/c1-21-16(20)22-15-10-18(9-14(15)19)7-6-11-8-17-13-5-3-2-4-12(11)13/h2-5,8,14-15,17,19H,6-7,9-10H2,1H3/t14-,15-/m0/s1. The Morgan fingerprint density at radius 3 is 3.05 bits per heavy atom. The van der Waals surface area contributed by atoms with Gasteiger partial charge in [0.2, 0.25) is 0 Å². The second-order valence-corrected chi connectivity index (χ2v) is 5.55. The van der Waals surface area contributed by atoms with Gasteiger partial charge in [0.25, 0.3) is 0 Å². The summed E-state index contributed by atoms with van der Waals surface area (Å²) in [5, 5.41) is 11.2. The largest absolute Gasteiger partial charge is 0.508 e. The number of rotatable bonds is 4. The number of H-pyrrole nitrogens is 1. The molecule has 2 heterocycles. The van der Waals surface area contributed by atoms with Gasteiger partial charge >= 0.3 is 6.16 Å². The van der Waals surface area contributed by atoms with Crippen LogP contribution in [0.4, 0.5) is 4.79 Å². The molecule has 1 aliphatic heterocycles. The summed E-state index contributed by atoms with van der Waals surface area (Å²) >= 11 is 0. The first kappa shape index (κ1) is 14.9. The van der Waals surface area contributed by atoms with Gasteiger partial charge in [-0.3, -0.25) is 4.90 Å². The summed E-state index contributed by atoms with van der Waals surface area (Å²) in [4.78, 5) is 16.5. The molecule has 1 aromatic carbocycles. The minimum absolute atomic E-state index is 0.504. The van der Waals surface area contributed by atoms with E-state index in [-0.39, 0.29) is 0 Å². The fraction of sp³-hybridized carbons (Fsp3) is 0.438. The fourth-order valence-corrected chi connectivity index (χ4v) is 2.92. The number of nitrogens with one attached hydrogen (secondary N) is 1. The van der Waals surface area contributed by atoms with E-state index in [1.165, 1.54) is 18.1 Å². The lowest BCUT2D eigenvalue weighted by molar-refractivity contribution is -0.00229. The van der Waals surface area contributed by atoms with Crippen LogP contribution in [0.15, 0.2) is 30.5 Å². The Hall–Kier alpha value is -2.05. The van der Waals surface area contributed by atoms with E-state index in [2.05, 4.69) is 26.8 Å². The van der Waals surface area contributed by atoms with E-state index < -0.39 is 18.4 Å². The molecule has 2 N–H and O–H groups in total. The normalized spacial score (nSPS) is 22.1. The van der Waals surface area contributed by atoms with Crippen molar-refractivity contribution in [1.29, 1.82) is 0 Å². The van der Waals surface area contributed by atoms with Gasteiger partial charge in [0.05, 0.1) is 7.11 Å². The smallest absolute Gasteiger partial charge is 0.438 e. The van der Waals surface area contributed by atoms with Crippen LogP contribution in [0.5, 0.6) is 0 Å². The second kappa shape index (κ2) is 6.37. The fourth-order valence-electron chi connectivity index (χ4n) is 2.92. The molecule has 6 nitrogen and oxygen atoms in total. The summed E-state index contributed by atoms with van der Waals surface area (Å²) in [6.07, 6.45) is 0.974. The molecule has 0 aliphatic carbocycles. The average molecular weight is 304 g/mol. The Labute approximate surface area is 128 Å². The predicted molar refractivity (Wildman–Crippen MR) is 81.7 cm³/mol. The number of β-amino-alcohol motifs (C(OH)–C–C–N with tert-alkyl or cyclic N) is 1. The number of aromatic nitrogens is 1. The van der Waals surface area contributed by atoms with E-state index in [4.69, 9.17) is 4.74 Å². The van der Waals surface area contributed by atoms with Crippen molar-refractivity contribution in [2.75, 3.05) is 26.7 Å².